The fraction of sp³-hybridized carbons (Fsp3) is 0.500. The summed E-state index contributed by atoms with van der Waals surface area (Å²) >= 11 is 0. The second-order valence-corrected chi connectivity index (χ2v) is 5.01. The molecule has 0 aliphatic carbocycles. The molecular formula is C14H18F3NO. The largest absolute Gasteiger partial charge is 0.416 e. The Balaban J connectivity index is 2.84. The minimum Gasteiger partial charge on any atom is -0.398 e. The molecule has 0 aliphatic heterocycles. The van der Waals surface area contributed by atoms with Crippen LogP contribution in [0.2, 0.25) is 0 Å². The van der Waals surface area contributed by atoms with E-state index in [0.717, 1.165) is 24.6 Å². The number of carbonyl (C=O) groups excluding carboxylic acids is 1. The van der Waals surface area contributed by atoms with Gasteiger partial charge in [-0.25, -0.2) is 0 Å². The molecule has 0 heterocycles. The summed E-state index contributed by atoms with van der Waals surface area (Å²) in [5.74, 6) is 0.135. The van der Waals surface area contributed by atoms with Crippen LogP contribution in [-0.4, -0.2) is 5.78 Å². The van der Waals surface area contributed by atoms with Crippen molar-refractivity contribution in [3.05, 3.63) is 29.3 Å². The number of hydrogen-bond acceptors (Lipinski definition) is 2. The summed E-state index contributed by atoms with van der Waals surface area (Å²) in [6.45, 7) is 4.06. The van der Waals surface area contributed by atoms with Crippen LogP contribution in [0.4, 0.5) is 18.9 Å². The summed E-state index contributed by atoms with van der Waals surface area (Å²) in [4.78, 5) is 11.9. The molecule has 0 unspecified atom stereocenters. The van der Waals surface area contributed by atoms with Gasteiger partial charge in [0.1, 0.15) is 0 Å². The van der Waals surface area contributed by atoms with Gasteiger partial charge >= 0.3 is 6.18 Å². The molecule has 1 aromatic carbocycles. The molecule has 0 aliphatic rings. The molecule has 0 atom stereocenters. The Bertz CT molecular complexity index is 452. The van der Waals surface area contributed by atoms with E-state index in [1.54, 1.807) is 0 Å². The lowest BCUT2D eigenvalue weighted by Crippen LogP contribution is -2.10. The van der Waals surface area contributed by atoms with Gasteiger partial charge in [0.15, 0.2) is 5.78 Å². The van der Waals surface area contributed by atoms with E-state index in [-0.39, 0.29) is 23.5 Å². The first kappa shape index (κ1) is 15.5. The SMILES string of the molecule is CC(C)CCCC(=O)c1cc(C(F)(F)F)ccc1N. The third-order valence-electron chi connectivity index (χ3n) is 2.87. The summed E-state index contributed by atoms with van der Waals surface area (Å²) in [7, 11) is 0. The van der Waals surface area contributed by atoms with Crippen LogP contribution < -0.4 is 5.73 Å². The van der Waals surface area contributed by atoms with Crippen LogP contribution in [0.25, 0.3) is 0 Å². The molecule has 0 saturated heterocycles. The van der Waals surface area contributed by atoms with E-state index in [9.17, 15) is 18.0 Å². The molecule has 0 radical (unpaired) electrons. The van der Waals surface area contributed by atoms with Gasteiger partial charge in [-0.15, -0.1) is 0 Å². The Morgan fingerprint density at radius 3 is 2.47 bits per heavy atom. The van der Waals surface area contributed by atoms with Crippen molar-refractivity contribution in [2.45, 2.75) is 39.3 Å². The average molecular weight is 273 g/mol. The van der Waals surface area contributed by atoms with Crippen LogP contribution in [0.15, 0.2) is 18.2 Å². The predicted octanol–water partition coefficient (Wildman–Crippen LogP) is 4.30. The Hall–Kier alpha value is -1.52. The molecule has 2 nitrogen and oxygen atoms in total. The Morgan fingerprint density at radius 2 is 1.95 bits per heavy atom. The van der Waals surface area contributed by atoms with Crippen LogP contribution in [-0.2, 0) is 6.18 Å². The molecule has 19 heavy (non-hydrogen) atoms. The number of rotatable bonds is 5. The van der Waals surface area contributed by atoms with Gasteiger partial charge < -0.3 is 5.73 Å². The number of nitrogen functional groups attached to an aromatic ring is 1. The van der Waals surface area contributed by atoms with Crippen LogP contribution in [0.1, 0.15) is 49.0 Å². The normalized spacial score (nSPS) is 11.9. The first-order valence-corrected chi connectivity index (χ1v) is 6.21. The molecule has 0 spiro atoms. The van der Waals surface area contributed by atoms with E-state index in [1.165, 1.54) is 0 Å². The van der Waals surface area contributed by atoms with Gasteiger partial charge in [0, 0.05) is 17.7 Å². The number of carbonyl (C=O) groups is 1. The van der Waals surface area contributed by atoms with Crippen molar-refractivity contribution in [1.82, 2.24) is 0 Å². The Kier molecular flexibility index (Phi) is 4.97. The van der Waals surface area contributed by atoms with Crippen LogP contribution >= 0.6 is 0 Å². The maximum atomic E-state index is 12.6. The fourth-order valence-electron chi connectivity index (χ4n) is 1.78. The first-order valence-electron chi connectivity index (χ1n) is 6.21. The molecule has 2 N–H and O–H groups in total. The number of hydrogen-bond donors (Lipinski definition) is 1. The topological polar surface area (TPSA) is 43.1 Å². The molecule has 1 aromatic rings. The number of halogens is 3. The van der Waals surface area contributed by atoms with Crippen molar-refractivity contribution < 1.29 is 18.0 Å². The van der Waals surface area contributed by atoms with Crippen LogP contribution in [0.5, 0.6) is 0 Å². The molecule has 1 rings (SSSR count). The molecule has 0 fully saturated rings. The minimum absolute atomic E-state index is 0.0291. The Labute approximate surface area is 110 Å². The third kappa shape index (κ3) is 4.58. The van der Waals surface area contributed by atoms with Gasteiger partial charge in [-0.05, 0) is 30.5 Å². The van der Waals surface area contributed by atoms with Crippen molar-refractivity contribution in [2.24, 2.45) is 5.92 Å². The molecule has 0 amide bonds. The molecule has 0 aromatic heterocycles. The summed E-state index contributed by atoms with van der Waals surface area (Å²) in [5, 5.41) is 0. The molecule has 106 valence electrons. The monoisotopic (exact) mass is 273 g/mol. The van der Waals surface area contributed by atoms with Crippen molar-refractivity contribution in [2.75, 3.05) is 5.73 Å². The zero-order valence-corrected chi connectivity index (χ0v) is 11.1. The quantitative estimate of drug-likeness (QED) is 0.642. The van der Waals surface area contributed by atoms with Crippen LogP contribution in [0, 0.1) is 5.92 Å². The van der Waals surface area contributed by atoms with Crippen molar-refractivity contribution in [3.63, 3.8) is 0 Å². The lowest BCUT2D eigenvalue weighted by molar-refractivity contribution is -0.137. The zero-order valence-electron chi connectivity index (χ0n) is 11.1. The summed E-state index contributed by atoms with van der Waals surface area (Å²) in [5.41, 5.74) is 4.81. The maximum Gasteiger partial charge on any atom is 0.416 e. The minimum atomic E-state index is -4.46. The number of Topliss-reactive ketones (excluding diaryl/α,β-unsaturated/α-hetero) is 1. The van der Waals surface area contributed by atoms with Gasteiger partial charge in [0.25, 0.3) is 0 Å². The molecule has 0 saturated carbocycles. The molecule has 5 heteroatoms. The lowest BCUT2D eigenvalue weighted by Gasteiger charge is -2.11. The number of ketones is 1. The van der Waals surface area contributed by atoms with E-state index in [1.807, 2.05) is 13.8 Å². The van der Waals surface area contributed by atoms with E-state index in [0.29, 0.717) is 12.3 Å². The number of anilines is 1. The highest BCUT2D eigenvalue weighted by atomic mass is 19.4. The zero-order chi connectivity index (χ0) is 14.6. The summed E-state index contributed by atoms with van der Waals surface area (Å²) < 4.78 is 37.7. The first-order chi connectivity index (χ1) is 8.71. The van der Waals surface area contributed by atoms with Gasteiger partial charge in [-0.1, -0.05) is 20.3 Å². The van der Waals surface area contributed by atoms with Crippen molar-refractivity contribution in [1.29, 1.82) is 0 Å². The Morgan fingerprint density at radius 1 is 1.32 bits per heavy atom. The summed E-state index contributed by atoms with van der Waals surface area (Å²) in [6.07, 6.45) is -2.71. The van der Waals surface area contributed by atoms with E-state index in [2.05, 4.69) is 0 Å². The van der Waals surface area contributed by atoms with Crippen molar-refractivity contribution >= 4 is 11.5 Å². The van der Waals surface area contributed by atoms with Crippen LogP contribution in [0.3, 0.4) is 0 Å². The standard InChI is InChI=1S/C14H18F3NO/c1-9(2)4-3-5-13(19)11-8-10(14(15,16)17)6-7-12(11)18/h6-9H,3-5,18H2,1-2H3. The van der Waals surface area contributed by atoms with E-state index < -0.39 is 11.7 Å². The molecular weight excluding hydrogens is 255 g/mol. The fourth-order valence-corrected chi connectivity index (χ4v) is 1.78. The third-order valence-corrected chi connectivity index (χ3v) is 2.87. The van der Waals surface area contributed by atoms with Gasteiger partial charge in [-0.3, -0.25) is 4.79 Å². The van der Waals surface area contributed by atoms with Gasteiger partial charge in [0.05, 0.1) is 5.56 Å². The van der Waals surface area contributed by atoms with Crippen molar-refractivity contribution in [3.8, 4) is 0 Å². The highest BCUT2D eigenvalue weighted by molar-refractivity contribution is 6.00. The smallest absolute Gasteiger partial charge is 0.398 e. The highest BCUT2D eigenvalue weighted by Gasteiger charge is 2.31. The van der Waals surface area contributed by atoms with E-state index in [4.69, 9.17) is 5.73 Å². The highest BCUT2D eigenvalue weighted by Crippen LogP contribution is 2.31. The van der Waals surface area contributed by atoms with E-state index >= 15 is 0 Å². The number of benzene rings is 1. The predicted molar refractivity (Wildman–Crippen MR) is 68.9 cm³/mol. The number of nitrogens with two attached hydrogens (primary N) is 1. The lowest BCUT2D eigenvalue weighted by atomic mass is 9.99. The second kappa shape index (κ2) is 6.08. The summed E-state index contributed by atoms with van der Waals surface area (Å²) in [6, 6.07) is 2.87. The number of alkyl halides is 3. The molecule has 0 bridgehead atoms. The average Bonchev–Trinajstić information content (AvgIpc) is 2.27. The second-order valence-electron chi connectivity index (χ2n) is 5.01. The van der Waals surface area contributed by atoms with Gasteiger partial charge in [-0.2, -0.15) is 13.2 Å². The maximum absolute atomic E-state index is 12.6. The van der Waals surface area contributed by atoms with Gasteiger partial charge in [0.2, 0.25) is 0 Å².